The van der Waals surface area contributed by atoms with Gasteiger partial charge in [0.2, 0.25) is 0 Å². The summed E-state index contributed by atoms with van der Waals surface area (Å²) in [6, 6.07) is 11.5. The Morgan fingerprint density at radius 2 is 1.86 bits per heavy atom. The number of carbonyl (C=O) groups is 1. The number of fused-ring (bicyclic) bond motifs is 1. The fourth-order valence-corrected chi connectivity index (χ4v) is 5.06. The molecule has 3 heterocycles. The summed E-state index contributed by atoms with van der Waals surface area (Å²) in [6.45, 7) is 5.51. The van der Waals surface area contributed by atoms with E-state index in [1.165, 1.54) is 14.1 Å². The van der Waals surface area contributed by atoms with Crippen LogP contribution in [0, 0.1) is 0 Å². The maximum Gasteiger partial charge on any atom is 0.301 e. The lowest BCUT2D eigenvalue weighted by Gasteiger charge is -2.37. The lowest BCUT2D eigenvalue weighted by molar-refractivity contribution is 0.0708. The predicted octanol–water partition coefficient (Wildman–Crippen LogP) is 3.34. The predicted molar refractivity (Wildman–Crippen MR) is 145 cm³/mol. The quantitative estimate of drug-likeness (QED) is 0.426. The van der Waals surface area contributed by atoms with Crippen molar-refractivity contribution in [1.82, 2.24) is 19.2 Å². The van der Waals surface area contributed by atoms with Crippen molar-refractivity contribution in [3.8, 4) is 0 Å². The Hall–Kier alpha value is -3.31. The molecule has 1 saturated heterocycles. The number of anilines is 3. The van der Waals surface area contributed by atoms with Crippen LogP contribution in [0.15, 0.2) is 42.6 Å². The Morgan fingerprint density at radius 1 is 1.14 bits per heavy atom. The van der Waals surface area contributed by atoms with E-state index in [9.17, 15) is 13.2 Å². The molecule has 4 rings (SSSR count). The van der Waals surface area contributed by atoms with E-state index in [1.807, 2.05) is 23.2 Å². The molecule has 0 atom stereocenters. The van der Waals surface area contributed by atoms with Crippen LogP contribution in [-0.4, -0.2) is 79.8 Å². The van der Waals surface area contributed by atoms with Crippen molar-refractivity contribution < 1.29 is 13.2 Å². The van der Waals surface area contributed by atoms with Crippen LogP contribution in [0.2, 0.25) is 0 Å². The summed E-state index contributed by atoms with van der Waals surface area (Å²) >= 11 is 0. The third kappa shape index (κ3) is 5.57. The fourth-order valence-electron chi connectivity index (χ4n) is 4.45. The summed E-state index contributed by atoms with van der Waals surface area (Å²) < 4.78 is 27.9. The summed E-state index contributed by atoms with van der Waals surface area (Å²) in [6.07, 6.45) is 3.50. The number of nitrogens with one attached hydrogen (secondary N) is 3. The minimum absolute atomic E-state index is 0.0530. The molecular formula is C25H35N7O3S. The van der Waals surface area contributed by atoms with Crippen LogP contribution in [0.5, 0.6) is 0 Å². The van der Waals surface area contributed by atoms with Crippen LogP contribution in [-0.2, 0) is 10.2 Å². The van der Waals surface area contributed by atoms with Crippen molar-refractivity contribution in [2.24, 2.45) is 0 Å². The van der Waals surface area contributed by atoms with Gasteiger partial charge in [0, 0.05) is 63.4 Å². The van der Waals surface area contributed by atoms with Crippen LogP contribution >= 0.6 is 0 Å². The normalized spacial score (nSPS) is 15.0. The molecular weight excluding hydrogens is 478 g/mol. The zero-order valence-electron chi connectivity index (χ0n) is 21.4. The summed E-state index contributed by atoms with van der Waals surface area (Å²) in [7, 11) is 1.39. The van der Waals surface area contributed by atoms with Gasteiger partial charge in [0.25, 0.3) is 5.91 Å². The number of H-pyrrole nitrogens is 1. The van der Waals surface area contributed by atoms with E-state index in [-0.39, 0.29) is 11.9 Å². The van der Waals surface area contributed by atoms with E-state index in [0.29, 0.717) is 30.5 Å². The van der Waals surface area contributed by atoms with Crippen molar-refractivity contribution in [1.29, 1.82) is 0 Å². The largest absolute Gasteiger partial charge is 0.380 e. The average molecular weight is 514 g/mol. The van der Waals surface area contributed by atoms with Gasteiger partial charge in [0.1, 0.15) is 5.69 Å². The number of likely N-dealkylation sites (tertiary alicyclic amines) is 1. The van der Waals surface area contributed by atoms with Crippen LogP contribution < -0.4 is 14.9 Å². The highest BCUT2D eigenvalue weighted by Crippen LogP contribution is 2.28. The molecule has 0 saturated carbocycles. The molecule has 0 unspecified atom stereocenters. The molecule has 10 nitrogen and oxygen atoms in total. The zero-order valence-corrected chi connectivity index (χ0v) is 22.3. The highest BCUT2D eigenvalue weighted by Gasteiger charge is 2.28. The first-order valence-corrected chi connectivity index (χ1v) is 13.6. The number of aromatic nitrogens is 2. The summed E-state index contributed by atoms with van der Waals surface area (Å²) in [5, 5.41) is 4.23. The second-order valence-corrected chi connectivity index (χ2v) is 11.6. The smallest absolute Gasteiger partial charge is 0.301 e. The van der Waals surface area contributed by atoms with E-state index in [0.717, 1.165) is 39.6 Å². The van der Waals surface area contributed by atoms with E-state index >= 15 is 0 Å². The fraction of sp³-hybridized carbons (Fsp3) is 0.440. The Labute approximate surface area is 212 Å². The first-order valence-electron chi connectivity index (χ1n) is 12.1. The summed E-state index contributed by atoms with van der Waals surface area (Å²) in [5.41, 5.74) is 2.73. The van der Waals surface area contributed by atoms with Gasteiger partial charge in [-0.25, -0.2) is 4.98 Å². The third-order valence-corrected chi connectivity index (χ3v) is 7.90. The Balaban J connectivity index is 1.42. The second kappa shape index (κ2) is 10.4. The third-order valence-electron chi connectivity index (χ3n) is 6.44. The van der Waals surface area contributed by atoms with E-state index in [2.05, 4.69) is 45.8 Å². The van der Waals surface area contributed by atoms with Crippen molar-refractivity contribution in [3.05, 3.63) is 48.3 Å². The maximum absolute atomic E-state index is 13.2. The standard InChI is InChI=1S/C25H35N7O3S/c1-17(2)27-22-7-6-12-26-24(22)31(5)20-10-13-32(14-11-20)25(33)23-16-18-15-19(8-9-21(18)28-23)29-36(34,35)30(3)4/h6-9,12,15-17,20,27-29H,10-11,13-14H2,1-5H3. The van der Waals surface area contributed by atoms with Gasteiger partial charge in [0.05, 0.1) is 11.4 Å². The van der Waals surface area contributed by atoms with Gasteiger partial charge in [-0.1, -0.05) is 0 Å². The number of hydrogen-bond donors (Lipinski definition) is 3. The van der Waals surface area contributed by atoms with Crippen LogP contribution in [0.1, 0.15) is 37.2 Å². The molecule has 0 bridgehead atoms. The van der Waals surface area contributed by atoms with Gasteiger partial charge >= 0.3 is 10.2 Å². The molecule has 1 aromatic carbocycles. The van der Waals surface area contributed by atoms with Gasteiger partial charge in [-0.3, -0.25) is 9.52 Å². The molecule has 3 N–H and O–H groups in total. The van der Waals surface area contributed by atoms with Crippen LogP contribution in [0.25, 0.3) is 10.9 Å². The minimum atomic E-state index is -3.60. The number of rotatable bonds is 8. The monoisotopic (exact) mass is 513 g/mol. The molecule has 3 aromatic rings. The van der Waals surface area contributed by atoms with Gasteiger partial charge in [0.15, 0.2) is 5.82 Å². The van der Waals surface area contributed by atoms with E-state index in [1.54, 1.807) is 24.3 Å². The molecule has 194 valence electrons. The highest BCUT2D eigenvalue weighted by molar-refractivity contribution is 7.90. The zero-order chi connectivity index (χ0) is 26.0. The Kier molecular flexibility index (Phi) is 7.41. The van der Waals surface area contributed by atoms with Crippen LogP contribution in [0.4, 0.5) is 17.2 Å². The number of carbonyl (C=O) groups excluding carboxylic acids is 1. The highest BCUT2D eigenvalue weighted by atomic mass is 32.2. The molecule has 36 heavy (non-hydrogen) atoms. The number of pyridine rings is 1. The molecule has 1 amide bonds. The first-order chi connectivity index (χ1) is 17.0. The SMILES string of the molecule is CC(C)Nc1cccnc1N(C)C1CCN(C(=O)c2cc3cc(NS(=O)(=O)N(C)C)ccc3[nH]2)CC1. The lowest BCUT2D eigenvalue weighted by atomic mass is 10.0. The van der Waals surface area contributed by atoms with Crippen molar-refractivity contribution in [3.63, 3.8) is 0 Å². The van der Waals surface area contributed by atoms with E-state index in [4.69, 9.17) is 0 Å². The lowest BCUT2D eigenvalue weighted by Crippen LogP contribution is -2.46. The molecule has 1 fully saturated rings. The van der Waals surface area contributed by atoms with Gasteiger partial charge in [-0.15, -0.1) is 0 Å². The molecule has 11 heteroatoms. The maximum atomic E-state index is 13.2. The summed E-state index contributed by atoms with van der Waals surface area (Å²) in [4.78, 5) is 25.1. The van der Waals surface area contributed by atoms with Gasteiger partial charge < -0.3 is 20.1 Å². The van der Waals surface area contributed by atoms with Crippen molar-refractivity contribution in [2.75, 3.05) is 49.2 Å². The number of nitrogens with zero attached hydrogens (tertiary/aromatic N) is 4. The number of aromatic amines is 1. The Bertz CT molecular complexity index is 1330. The first kappa shape index (κ1) is 25.8. The number of amides is 1. The number of hydrogen-bond acceptors (Lipinski definition) is 6. The molecule has 0 aliphatic carbocycles. The van der Waals surface area contributed by atoms with Crippen LogP contribution in [0.3, 0.4) is 0 Å². The number of benzene rings is 1. The molecule has 1 aliphatic rings. The average Bonchev–Trinajstić information content (AvgIpc) is 3.26. The second-order valence-electron chi connectivity index (χ2n) is 9.68. The summed E-state index contributed by atoms with van der Waals surface area (Å²) in [5.74, 6) is 0.870. The molecule has 0 radical (unpaired) electrons. The Morgan fingerprint density at radius 3 is 2.53 bits per heavy atom. The molecule has 2 aromatic heterocycles. The molecule has 0 spiro atoms. The van der Waals surface area contributed by atoms with Crippen molar-refractivity contribution >= 4 is 44.2 Å². The van der Waals surface area contributed by atoms with Gasteiger partial charge in [-0.05, 0) is 63.1 Å². The van der Waals surface area contributed by atoms with E-state index < -0.39 is 10.2 Å². The minimum Gasteiger partial charge on any atom is -0.380 e. The molecule has 1 aliphatic heterocycles. The topological polar surface area (TPSA) is 114 Å². The van der Waals surface area contributed by atoms with Crippen molar-refractivity contribution in [2.45, 2.75) is 38.8 Å². The number of piperidine rings is 1. The van der Waals surface area contributed by atoms with Gasteiger partial charge in [-0.2, -0.15) is 12.7 Å².